The summed E-state index contributed by atoms with van der Waals surface area (Å²) < 4.78 is 0. The van der Waals surface area contributed by atoms with Crippen LogP contribution in [0.2, 0.25) is 0 Å². The monoisotopic (exact) mass is 1760 g/mol. The third kappa shape index (κ3) is 70.9. The summed E-state index contributed by atoms with van der Waals surface area (Å²) in [5.74, 6) is -2.59. The number of nitrogens with one attached hydrogen (secondary N) is 15. The molecule has 0 bridgehead atoms. The Labute approximate surface area is 742 Å². The van der Waals surface area contributed by atoms with Crippen LogP contribution in [0.3, 0.4) is 0 Å². The molecule has 0 fully saturated rings. The van der Waals surface area contributed by atoms with Gasteiger partial charge < -0.3 is 119 Å². The van der Waals surface area contributed by atoms with E-state index in [2.05, 4.69) is 79.8 Å². The third-order valence-electron chi connectivity index (χ3n) is 20.3. The Bertz CT molecular complexity index is 2550. The summed E-state index contributed by atoms with van der Waals surface area (Å²) in [6.45, 7) is 31.9. The average Bonchev–Trinajstić information content (AvgIpc) is 0.947. The number of hydrogen-bond donors (Lipinski definition) is 15. The zero-order chi connectivity index (χ0) is 92.0. The summed E-state index contributed by atoms with van der Waals surface area (Å²) >= 11 is 0. The quantitative estimate of drug-likeness (QED) is 0.0345. The highest BCUT2D eigenvalue weighted by Crippen LogP contribution is 2.05. The van der Waals surface area contributed by atoms with Crippen LogP contribution in [0, 0.1) is 0 Å². The lowest BCUT2D eigenvalue weighted by molar-refractivity contribution is -0.124. The Morgan fingerprint density at radius 3 is 0.339 bits per heavy atom. The first-order valence-corrected chi connectivity index (χ1v) is 46.5. The van der Waals surface area contributed by atoms with E-state index in [1.807, 2.05) is 109 Å². The molecule has 0 unspecified atom stereocenters. The van der Waals surface area contributed by atoms with Crippen molar-refractivity contribution >= 4 is 88.6 Å². The Kier molecular flexibility index (Phi) is 74.1. The summed E-state index contributed by atoms with van der Waals surface area (Å²) in [4.78, 5) is 211. The summed E-state index contributed by atoms with van der Waals surface area (Å²) in [6, 6.07) is 0. The van der Waals surface area contributed by atoms with Crippen molar-refractivity contribution in [1.29, 1.82) is 0 Å². The van der Waals surface area contributed by atoms with Gasteiger partial charge in [-0.05, 0) is 65.0 Å². The van der Waals surface area contributed by atoms with Crippen LogP contribution in [0.4, 0.5) is 0 Å². The molecule has 0 saturated heterocycles. The standard InChI is InChI=1S/C86H167N23O15/c1-11-35-87-73(111)21-51-103(52-22-74(112)88-36-12-2)66-44-96-83(121)31-61-108(62-32-84(122)97-45-67-104(53-23-75(113)89-37-13-3)54-24-76(114)90-38-14-4)70-48-100-81(119)29-59-107(65-43-95-72(110)20-50-102(10)19-9)60-30-82(120)101-49-71-109(63-33-85(123)98-46-68-105(55-25-77(115)91-39-15-5)56-26-78(116)92-40-16-6)64-34-86(124)99-47-69-106(57-27-79(117)93-41-17-7)58-28-80(118)94-42-18-8/h11-71H2,1-10H3,(H,87,111)(H,88,112)(H,89,113)(H,90,114)(H,91,115)(H,92,116)(H,93,117)(H,94,118)(H,95,110)(H,96,121)(H,97,122)(H,98,123)(H,99,124)(H,100,119)(H,101,120). The van der Waals surface area contributed by atoms with E-state index < -0.39 is 0 Å². The molecule has 0 aliphatic rings. The second-order valence-corrected chi connectivity index (χ2v) is 31.3. The normalized spacial score (nSPS) is 11.3. The molecule has 124 heavy (non-hydrogen) atoms. The maximum Gasteiger partial charge on any atom is 0.221 e. The molecule has 716 valence electrons. The van der Waals surface area contributed by atoms with Crippen molar-refractivity contribution in [2.24, 2.45) is 0 Å². The Morgan fingerprint density at radius 1 is 0.145 bits per heavy atom. The lowest BCUT2D eigenvalue weighted by atomic mass is 10.2. The van der Waals surface area contributed by atoms with Gasteiger partial charge in [0.05, 0.1) is 0 Å². The van der Waals surface area contributed by atoms with Crippen molar-refractivity contribution in [2.45, 2.75) is 210 Å². The van der Waals surface area contributed by atoms with Gasteiger partial charge in [0.25, 0.3) is 0 Å². The molecular formula is C86H167N23O15. The molecule has 15 amide bonds. The molecule has 0 atom stereocenters. The van der Waals surface area contributed by atoms with E-state index in [0.717, 1.165) is 57.9 Å². The molecule has 0 heterocycles. The van der Waals surface area contributed by atoms with Crippen molar-refractivity contribution in [3.63, 3.8) is 0 Å². The fourth-order valence-corrected chi connectivity index (χ4v) is 12.3. The van der Waals surface area contributed by atoms with Gasteiger partial charge in [-0.25, -0.2) is 0 Å². The average molecular weight is 1760 g/mol. The molecule has 0 aromatic heterocycles. The Balaban J connectivity index is 6.68. The Morgan fingerprint density at radius 2 is 0.242 bits per heavy atom. The zero-order valence-electron chi connectivity index (χ0n) is 77.8. The van der Waals surface area contributed by atoms with Crippen molar-refractivity contribution in [3.05, 3.63) is 0 Å². The van der Waals surface area contributed by atoms with Gasteiger partial charge >= 0.3 is 0 Å². The van der Waals surface area contributed by atoms with Gasteiger partial charge in [0, 0.05) is 338 Å². The largest absolute Gasteiger partial charge is 0.356 e. The first-order valence-electron chi connectivity index (χ1n) is 46.5. The van der Waals surface area contributed by atoms with Gasteiger partial charge in [-0.15, -0.1) is 0 Å². The van der Waals surface area contributed by atoms with E-state index in [4.69, 9.17) is 0 Å². The molecule has 0 aliphatic heterocycles. The smallest absolute Gasteiger partial charge is 0.221 e. The minimum absolute atomic E-state index is 0.0212. The lowest BCUT2D eigenvalue weighted by Gasteiger charge is -2.25. The number of hydrogen-bond acceptors (Lipinski definition) is 23. The van der Waals surface area contributed by atoms with E-state index in [9.17, 15) is 71.9 Å². The molecule has 0 aromatic rings. The van der Waals surface area contributed by atoms with Gasteiger partial charge in [-0.1, -0.05) is 62.3 Å². The molecule has 0 radical (unpaired) electrons. The van der Waals surface area contributed by atoms with Crippen LogP contribution in [0.5, 0.6) is 0 Å². The van der Waals surface area contributed by atoms with E-state index in [1.165, 1.54) is 0 Å². The van der Waals surface area contributed by atoms with Crippen molar-refractivity contribution in [1.82, 2.24) is 119 Å². The number of carbonyl (C=O) groups is 15. The van der Waals surface area contributed by atoms with Crippen LogP contribution in [-0.4, -0.2) is 384 Å². The van der Waals surface area contributed by atoms with Crippen molar-refractivity contribution in [2.75, 3.05) is 256 Å². The van der Waals surface area contributed by atoms with Crippen molar-refractivity contribution in [3.8, 4) is 0 Å². The minimum Gasteiger partial charge on any atom is -0.356 e. The number of nitrogens with zero attached hydrogens (tertiary/aromatic N) is 8. The van der Waals surface area contributed by atoms with Crippen LogP contribution in [-0.2, 0) is 71.9 Å². The van der Waals surface area contributed by atoms with Crippen LogP contribution >= 0.6 is 0 Å². The molecule has 38 heteroatoms. The fourth-order valence-electron chi connectivity index (χ4n) is 12.3. The SMILES string of the molecule is CCCNC(=O)CCN(CCNC(=O)CCN(CCNC(=O)CCN(CCNC(=O)CCN(C)CC)CCC(=O)NCCN(CCC(=O)NCCN(CCC(=O)NCCC)CCC(=O)NCCC)CCC(=O)NCCN(CCC(=O)NCCC)CCC(=O)NCCC)CCC(=O)NCCN(CCC(=O)NCCC)CCC(=O)NCCC)CCC(=O)NCCC. The molecule has 0 aromatic carbocycles. The molecule has 15 N–H and O–H groups in total. The van der Waals surface area contributed by atoms with Gasteiger partial charge in [-0.3, -0.25) is 71.9 Å². The second kappa shape index (κ2) is 79.4. The minimum atomic E-state index is -0.298. The second-order valence-electron chi connectivity index (χ2n) is 31.3. The van der Waals surface area contributed by atoms with E-state index in [-0.39, 0.29) is 283 Å². The highest BCUT2D eigenvalue weighted by molar-refractivity contribution is 5.81. The van der Waals surface area contributed by atoms with Gasteiger partial charge in [0.15, 0.2) is 0 Å². The number of amides is 15. The summed E-state index contributed by atoms with van der Waals surface area (Å²) in [7, 11) is 1.93. The van der Waals surface area contributed by atoms with Gasteiger partial charge in [0.1, 0.15) is 0 Å². The van der Waals surface area contributed by atoms with Gasteiger partial charge in [0.2, 0.25) is 88.6 Å². The maximum atomic E-state index is 13.8. The molecule has 38 nitrogen and oxygen atoms in total. The molecule has 0 spiro atoms. The molecule has 0 aliphatic carbocycles. The molecular weight excluding hydrogens is 1600 g/mol. The highest BCUT2D eigenvalue weighted by Gasteiger charge is 2.21. The highest BCUT2D eigenvalue weighted by atomic mass is 16.2. The fraction of sp³-hybridized carbons (Fsp3) is 0.826. The number of carbonyl (C=O) groups excluding carboxylic acids is 15. The van der Waals surface area contributed by atoms with E-state index in [0.29, 0.717) is 144 Å². The number of rotatable bonds is 83. The third-order valence-corrected chi connectivity index (χ3v) is 20.3. The summed E-state index contributed by atoms with van der Waals surface area (Å²) in [5.41, 5.74) is 0. The van der Waals surface area contributed by atoms with Crippen LogP contribution < -0.4 is 79.8 Å². The molecule has 0 saturated carbocycles. The lowest BCUT2D eigenvalue weighted by Crippen LogP contribution is -2.43. The predicted octanol–water partition coefficient (Wildman–Crippen LogP) is -1.07. The van der Waals surface area contributed by atoms with E-state index in [1.54, 1.807) is 0 Å². The van der Waals surface area contributed by atoms with Crippen molar-refractivity contribution < 1.29 is 71.9 Å². The first-order chi connectivity index (χ1) is 59.7. The molecule has 0 rings (SSSR count). The summed E-state index contributed by atoms with van der Waals surface area (Å²) in [6.07, 6.45) is 8.68. The topological polar surface area (TPSA) is 462 Å². The van der Waals surface area contributed by atoms with E-state index >= 15 is 0 Å². The summed E-state index contributed by atoms with van der Waals surface area (Å²) in [5, 5.41) is 43.9. The van der Waals surface area contributed by atoms with Crippen LogP contribution in [0.1, 0.15) is 210 Å². The van der Waals surface area contributed by atoms with Gasteiger partial charge in [-0.2, -0.15) is 0 Å². The van der Waals surface area contributed by atoms with Crippen LogP contribution in [0.25, 0.3) is 0 Å². The first kappa shape index (κ1) is 116. The van der Waals surface area contributed by atoms with Crippen LogP contribution in [0.15, 0.2) is 0 Å². The predicted molar refractivity (Wildman–Crippen MR) is 485 cm³/mol. The maximum absolute atomic E-state index is 13.8. The Hall–Kier alpha value is -8.27. The zero-order valence-corrected chi connectivity index (χ0v) is 77.8.